The van der Waals surface area contributed by atoms with Crippen molar-refractivity contribution in [1.82, 2.24) is 0 Å². The van der Waals surface area contributed by atoms with Crippen molar-refractivity contribution < 1.29 is 14.3 Å². The van der Waals surface area contributed by atoms with Crippen LogP contribution in [0.3, 0.4) is 0 Å². The average Bonchev–Trinajstić information content (AvgIpc) is 2.50. The summed E-state index contributed by atoms with van der Waals surface area (Å²) in [6.45, 7) is 0.423. The molecule has 3 rings (SSSR count). The summed E-state index contributed by atoms with van der Waals surface area (Å²) in [6, 6.07) is 11.3. The maximum absolute atomic E-state index is 13.4. The number of hydrogen-bond acceptors (Lipinski definition) is 2. The first-order chi connectivity index (χ1) is 10.5. The molecule has 1 atom stereocenters. The molecule has 0 aliphatic carbocycles. The number of hydrogen-bond donors (Lipinski definition) is 1. The number of fused-ring (bicyclic) bond motifs is 1. The van der Waals surface area contributed by atoms with E-state index < -0.39 is 11.9 Å². The summed E-state index contributed by atoms with van der Waals surface area (Å²) in [7, 11) is 0. The molecule has 0 bridgehead atoms. The number of benzene rings is 2. The first-order valence-electron chi connectivity index (χ1n) is 7.07. The largest absolute Gasteiger partial charge is 0.388 e. The Kier molecular flexibility index (Phi) is 4.14. The number of carbonyl (C=O) groups is 1. The summed E-state index contributed by atoms with van der Waals surface area (Å²) in [6.07, 6.45) is -0.0855. The van der Waals surface area contributed by atoms with Crippen LogP contribution in [-0.4, -0.2) is 17.6 Å². The second kappa shape index (κ2) is 6.07. The van der Waals surface area contributed by atoms with Crippen LogP contribution in [0.2, 0.25) is 5.02 Å². The van der Waals surface area contributed by atoms with E-state index in [1.54, 1.807) is 23.1 Å². The van der Waals surface area contributed by atoms with Crippen molar-refractivity contribution in [2.45, 2.75) is 18.9 Å². The number of aliphatic hydroxyl groups is 1. The molecule has 0 aromatic heterocycles. The molecule has 1 aliphatic rings. The van der Waals surface area contributed by atoms with E-state index in [-0.39, 0.29) is 12.3 Å². The molecular formula is C17H15ClFNO2. The Balaban J connectivity index is 1.85. The highest BCUT2D eigenvalue weighted by Gasteiger charge is 2.27. The molecule has 5 heteroatoms. The van der Waals surface area contributed by atoms with Crippen molar-refractivity contribution in [3.63, 3.8) is 0 Å². The SMILES string of the molecule is O=C(Cc1ccc(Cl)cc1)N1CCC(O)c2cc(F)ccc21. The summed E-state index contributed by atoms with van der Waals surface area (Å²) >= 11 is 5.84. The Morgan fingerprint density at radius 1 is 1.27 bits per heavy atom. The highest BCUT2D eigenvalue weighted by atomic mass is 35.5. The lowest BCUT2D eigenvalue weighted by Crippen LogP contribution is -2.37. The number of nitrogens with zero attached hydrogens (tertiary/aromatic N) is 1. The molecule has 0 spiro atoms. The third kappa shape index (κ3) is 2.98. The van der Waals surface area contributed by atoms with Gasteiger partial charge in [0, 0.05) is 22.8 Å². The zero-order valence-corrected chi connectivity index (χ0v) is 12.6. The summed E-state index contributed by atoms with van der Waals surface area (Å²) in [5, 5.41) is 10.6. The maximum Gasteiger partial charge on any atom is 0.231 e. The van der Waals surface area contributed by atoms with Gasteiger partial charge in [-0.25, -0.2) is 4.39 Å². The smallest absolute Gasteiger partial charge is 0.231 e. The van der Waals surface area contributed by atoms with Gasteiger partial charge in [0.05, 0.1) is 12.5 Å². The molecule has 114 valence electrons. The van der Waals surface area contributed by atoms with Gasteiger partial charge in [0.25, 0.3) is 0 Å². The fourth-order valence-electron chi connectivity index (χ4n) is 2.70. The van der Waals surface area contributed by atoms with Crippen molar-refractivity contribution in [3.05, 3.63) is 64.4 Å². The summed E-state index contributed by atoms with van der Waals surface area (Å²) < 4.78 is 13.4. The molecule has 22 heavy (non-hydrogen) atoms. The number of anilines is 1. The van der Waals surface area contributed by atoms with Gasteiger partial charge in [-0.05, 0) is 42.3 Å². The topological polar surface area (TPSA) is 40.5 Å². The number of carbonyl (C=O) groups excluding carboxylic acids is 1. The molecule has 1 N–H and O–H groups in total. The first-order valence-corrected chi connectivity index (χ1v) is 7.45. The standard InChI is InChI=1S/C17H15ClFNO2/c18-12-3-1-11(2-4-12)9-17(22)20-8-7-16(21)14-10-13(19)5-6-15(14)20/h1-6,10,16,21H,7-9H2. The van der Waals surface area contributed by atoms with Crippen LogP contribution >= 0.6 is 11.6 Å². The minimum absolute atomic E-state index is 0.0814. The molecule has 3 nitrogen and oxygen atoms in total. The Labute approximate surface area is 132 Å². The third-order valence-corrected chi connectivity index (χ3v) is 4.09. The van der Waals surface area contributed by atoms with Crippen molar-refractivity contribution in [2.24, 2.45) is 0 Å². The lowest BCUT2D eigenvalue weighted by Gasteiger charge is -2.32. The molecule has 1 unspecified atom stereocenters. The van der Waals surface area contributed by atoms with Crippen LogP contribution in [0, 0.1) is 5.82 Å². The number of amides is 1. The minimum Gasteiger partial charge on any atom is -0.388 e. The molecule has 1 heterocycles. The van der Waals surface area contributed by atoms with E-state index in [9.17, 15) is 14.3 Å². The quantitative estimate of drug-likeness (QED) is 0.920. The van der Waals surface area contributed by atoms with E-state index in [2.05, 4.69) is 0 Å². The van der Waals surface area contributed by atoms with Crippen LogP contribution in [0.5, 0.6) is 0 Å². The zero-order chi connectivity index (χ0) is 15.7. The lowest BCUT2D eigenvalue weighted by molar-refractivity contribution is -0.118. The van der Waals surface area contributed by atoms with Crippen LogP contribution in [0.15, 0.2) is 42.5 Å². The van der Waals surface area contributed by atoms with Gasteiger partial charge in [-0.15, -0.1) is 0 Å². The Morgan fingerprint density at radius 2 is 2.00 bits per heavy atom. The van der Waals surface area contributed by atoms with E-state index in [0.29, 0.717) is 29.2 Å². The third-order valence-electron chi connectivity index (χ3n) is 3.84. The van der Waals surface area contributed by atoms with Crippen molar-refractivity contribution >= 4 is 23.2 Å². The molecule has 0 fully saturated rings. The summed E-state index contributed by atoms with van der Waals surface area (Å²) in [5.41, 5.74) is 1.92. The lowest BCUT2D eigenvalue weighted by atomic mass is 9.98. The van der Waals surface area contributed by atoms with E-state index in [0.717, 1.165) is 5.56 Å². The van der Waals surface area contributed by atoms with E-state index in [4.69, 9.17) is 11.6 Å². The summed E-state index contributed by atoms with van der Waals surface area (Å²) in [5.74, 6) is -0.494. The van der Waals surface area contributed by atoms with Crippen LogP contribution in [-0.2, 0) is 11.2 Å². The molecule has 0 radical (unpaired) electrons. The van der Waals surface area contributed by atoms with Crippen LogP contribution in [0.25, 0.3) is 0 Å². The molecule has 1 amide bonds. The fraction of sp³-hybridized carbons (Fsp3) is 0.235. The Hall–Kier alpha value is -1.91. The van der Waals surface area contributed by atoms with Gasteiger partial charge in [-0.3, -0.25) is 4.79 Å². The minimum atomic E-state index is -0.731. The Morgan fingerprint density at radius 3 is 2.73 bits per heavy atom. The van der Waals surface area contributed by atoms with Crippen LogP contribution < -0.4 is 4.90 Å². The van der Waals surface area contributed by atoms with E-state index in [1.807, 2.05) is 12.1 Å². The van der Waals surface area contributed by atoms with Gasteiger partial charge in [0.2, 0.25) is 5.91 Å². The maximum atomic E-state index is 13.4. The monoisotopic (exact) mass is 319 g/mol. The average molecular weight is 320 g/mol. The van der Waals surface area contributed by atoms with Crippen molar-refractivity contribution in [3.8, 4) is 0 Å². The fourth-order valence-corrected chi connectivity index (χ4v) is 2.82. The molecule has 0 saturated carbocycles. The van der Waals surface area contributed by atoms with Crippen LogP contribution in [0.1, 0.15) is 23.7 Å². The van der Waals surface area contributed by atoms with Gasteiger partial charge in [0.1, 0.15) is 5.82 Å². The number of rotatable bonds is 2. The second-order valence-electron chi connectivity index (χ2n) is 5.36. The van der Waals surface area contributed by atoms with E-state index in [1.165, 1.54) is 12.1 Å². The molecule has 0 saturated heterocycles. The highest BCUT2D eigenvalue weighted by Crippen LogP contribution is 2.34. The normalized spacial score (nSPS) is 17.2. The molecule has 1 aliphatic heterocycles. The Bertz CT molecular complexity index is 702. The van der Waals surface area contributed by atoms with Gasteiger partial charge in [-0.2, -0.15) is 0 Å². The second-order valence-corrected chi connectivity index (χ2v) is 5.79. The number of halogens is 2. The molecule has 2 aromatic carbocycles. The predicted octanol–water partition coefficient (Wildman–Crippen LogP) is 3.49. The van der Waals surface area contributed by atoms with Gasteiger partial charge < -0.3 is 10.0 Å². The van der Waals surface area contributed by atoms with Crippen molar-refractivity contribution in [2.75, 3.05) is 11.4 Å². The van der Waals surface area contributed by atoms with E-state index >= 15 is 0 Å². The highest BCUT2D eigenvalue weighted by molar-refractivity contribution is 6.30. The first kappa shape index (κ1) is 15.0. The van der Waals surface area contributed by atoms with Gasteiger partial charge in [-0.1, -0.05) is 23.7 Å². The van der Waals surface area contributed by atoms with Gasteiger partial charge in [0.15, 0.2) is 0 Å². The van der Waals surface area contributed by atoms with Crippen LogP contribution in [0.4, 0.5) is 10.1 Å². The zero-order valence-electron chi connectivity index (χ0n) is 11.8. The van der Waals surface area contributed by atoms with Gasteiger partial charge >= 0.3 is 0 Å². The van der Waals surface area contributed by atoms with Crippen molar-refractivity contribution in [1.29, 1.82) is 0 Å². The molecule has 2 aromatic rings. The molecular weight excluding hydrogens is 305 g/mol. The summed E-state index contributed by atoms with van der Waals surface area (Å²) in [4.78, 5) is 14.1. The number of aliphatic hydroxyl groups excluding tert-OH is 1. The predicted molar refractivity (Wildman–Crippen MR) is 83.5 cm³/mol.